The number of carbonyl (C=O) groups excluding carboxylic acids is 1. The number of aliphatic carboxylic acids is 1. The summed E-state index contributed by atoms with van der Waals surface area (Å²) in [4.78, 5) is 33.7. The molecule has 1 amide bonds. The molecule has 3 aromatic heterocycles. The Labute approximate surface area is 181 Å². The molecular formula is C18H23N7O3S2. The summed E-state index contributed by atoms with van der Waals surface area (Å²) in [6.07, 6.45) is 4.67. The Bertz CT molecular complexity index is 1030. The summed E-state index contributed by atoms with van der Waals surface area (Å²) in [7, 11) is 0. The largest absolute Gasteiger partial charge is 0.481 e. The van der Waals surface area contributed by atoms with E-state index < -0.39 is 5.97 Å². The number of tetrazole rings is 1. The number of hydrogen-bond acceptors (Lipinski definition) is 8. The lowest BCUT2D eigenvalue weighted by molar-refractivity contribution is -0.137. The SMILES string of the molecule is O=C(O)CCCCCC(=O)N(CCCCc1nn[nH]n1)c1ccc2[nH]c(=S)sc2n1. The monoisotopic (exact) mass is 449 g/mol. The number of H-pyrrole nitrogens is 2. The molecule has 0 saturated carbocycles. The number of fused-ring (bicyclic) bond motifs is 1. The van der Waals surface area contributed by atoms with E-state index in [0.717, 1.165) is 23.2 Å². The van der Waals surface area contributed by atoms with Gasteiger partial charge in [-0.3, -0.25) is 14.5 Å². The van der Waals surface area contributed by atoms with Crippen LogP contribution < -0.4 is 4.90 Å². The second-order valence-electron chi connectivity index (χ2n) is 6.82. The van der Waals surface area contributed by atoms with Crippen molar-refractivity contribution >= 4 is 51.6 Å². The van der Waals surface area contributed by atoms with Gasteiger partial charge in [0, 0.05) is 25.8 Å². The standard InChI is InChI=1S/C18H23N7O3S2/c26-15(7-2-1-3-8-16(27)28)25(11-5-4-6-13-21-23-24-22-13)14-10-9-12-17(20-14)30-18(29)19-12/h9-10H,1-8,11H2,(H,19,29)(H,27,28)(H,21,22,23,24). The molecule has 3 aromatic rings. The number of carboxylic acids is 1. The van der Waals surface area contributed by atoms with Gasteiger partial charge in [0.2, 0.25) is 5.91 Å². The van der Waals surface area contributed by atoms with E-state index in [1.54, 1.807) is 4.90 Å². The van der Waals surface area contributed by atoms with Gasteiger partial charge in [0.15, 0.2) is 9.78 Å². The summed E-state index contributed by atoms with van der Waals surface area (Å²) in [5.74, 6) is 0.424. The zero-order chi connectivity index (χ0) is 21.3. The smallest absolute Gasteiger partial charge is 0.303 e. The molecule has 30 heavy (non-hydrogen) atoms. The maximum atomic E-state index is 12.9. The van der Waals surface area contributed by atoms with Crippen molar-refractivity contribution in [3.63, 3.8) is 0 Å². The van der Waals surface area contributed by atoms with E-state index in [-0.39, 0.29) is 12.3 Å². The fraction of sp³-hybridized carbons (Fsp3) is 0.500. The molecule has 0 spiro atoms. The van der Waals surface area contributed by atoms with E-state index in [0.29, 0.717) is 54.2 Å². The zero-order valence-corrected chi connectivity index (χ0v) is 18.0. The number of unbranched alkanes of at least 4 members (excludes halogenated alkanes) is 3. The van der Waals surface area contributed by atoms with Crippen LogP contribution in [0.3, 0.4) is 0 Å². The predicted octanol–water partition coefficient (Wildman–Crippen LogP) is 3.26. The highest BCUT2D eigenvalue weighted by Crippen LogP contribution is 2.23. The molecule has 0 atom stereocenters. The van der Waals surface area contributed by atoms with E-state index >= 15 is 0 Å². The van der Waals surface area contributed by atoms with Gasteiger partial charge in [-0.1, -0.05) is 23.0 Å². The lowest BCUT2D eigenvalue weighted by atomic mass is 10.1. The lowest BCUT2D eigenvalue weighted by Crippen LogP contribution is -2.32. The number of thiazole rings is 1. The molecule has 160 valence electrons. The van der Waals surface area contributed by atoms with Crippen LogP contribution in [-0.4, -0.2) is 54.1 Å². The van der Waals surface area contributed by atoms with Crippen LogP contribution in [-0.2, 0) is 16.0 Å². The van der Waals surface area contributed by atoms with E-state index in [1.165, 1.54) is 11.3 Å². The van der Waals surface area contributed by atoms with Gasteiger partial charge in [-0.15, -0.1) is 10.2 Å². The number of anilines is 1. The lowest BCUT2D eigenvalue weighted by Gasteiger charge is -2.22. The molecule has 0 aliphatic rings. The van der Waals surface area contributed by atoms with Gasteiger partial charge in [0.25, 0.3) is 0 Å². The van der Waals surface area contributed by atoms with Gasteiger partial charge in [-0.05, 0) is 50.0 Å². The molecule has 3 heterocycles. The van der Waals surface area contributed by atoms with Crippen molar-refractivity contribution in [3.05, 3.63) is 21.9 Å². The van der Waals surface area contributed by atoms with Crippen molar-refractivity contribution < 1.29 is 14.7 Å². The summed E-state index contributed by atoms with van der Waals surface area (Å²) >= 11 is 6.56. The van der Waals surface area contributed by atoms with Gasteiger partial charge in [0.05, 0.1) is 5.52 Å². The quantitative estimate of drug-likeness (QED) is 0.283. The normalized spacial score (nSPS) is 11.1. The van der Waals surface area contributed by atoms with Crippen LogP contribution in [0.1, 0.15) is 50.8 Å². The Morgan fingerprint density at radius 2 is 1.97 bits per heavy atom. The third kappa shape index (κ3) is 6.39. The number of nitrogens with zero attached hydrogens (tertiary/aromatic N) is 5. The number of carboxylic acid groups (broad SMARTS) is 1. The average Bonchev–Trinajstić information content (AvgIpc) is 3.35. The van der Waals surface area contributed by atoms with Crippen molar-refractivity contribution in [1.82, 2.24) is 30.6 Å². The number of amides is 1. The molecular weight excluding hydrogens is 426 g/mol. The number of aromatic amines is 2. The second kappa shape index (κ2) is 10.9. The third-order valence-electron chi connectivity index (χ3n) is 4.55. The van der Waals surface area contributed by atoms with Crippen molar-refractivity contribution in [3.8, 4) is 0 Å². The Morgan fingerprint density at radius 3 is 2.73 bits per heavy atom. The molecule has 0 radical (unpaired) electrons. The summed E-state index contributed by atoms with van der Waals surface area (Å²) in [5, 5.41) is 22.6. The third-order valence-corrected chi connectivity index (χ3v) is 5.70. The molecule has 0 fully saturated rings. The molecule has 0 saturated heterocycles. The summed E-state index contributed by atoms with van der Waals surface area (Å²) in [6, 6.07) is 3.71. The first-order chi connectivity index (χ1) is 14.5. The van der Waals surface area contributed by atoms with E-state index in [1.807, 2.05) is 12.1 Å². The molecule has 0 unspecified atom stereocenters. The summed E-state index contributed by atoms with van der Waals surface area (Å²) in [6.45, 7) is 0.528. The molecule has 0 aromatic carbocycles. The number of rotatable bonds is 12. The van der Waals surface area contributed by atoms with Gasteiger partial charge in [-0.25, -0.2) is 4.98 Å². The van der Waals surface area contributed by atoms with Crippen LogP contribution in [0, 0.1) is 3.95 Å². The fourth-order valence-corrected chi connectivity index (χ4v) is 4.10. The van der Waals surface area contributed by atoms with Gasteiger partial charge in [-0.2, -0.15) is 5.21 Å². The number of hydrogen-bond donors (Lipinski definition) is 3. The zero-order valence-electron chi connectivity index (χ0n) is 16.3. The van der Waals surface area contributed by atoms with Crippen LogP contribution in [0.25, 0.3) is 10.3 Å². The first-order valence-electron chi connectivity index (χ1n) is 9.77. The van der Waals surface area contributed by atoms with Crippen molar-refractivity contribution in [2.75, 3.05) is 11.4 Å². The van der Waals surface area contributed by atoms with Crippen molar-refractivity contribution in [2.45, 2.75) is 51.4 Å². The van der Waals surface area contributed by atoms with Gasteiger partial charge < -0.3 is 10.1 Å². The number of aromatic nitrogens is 6. The van der Waals surface area contributed by atoms with E-state index in [9.17, 15) is 9.59 Å². The maximum absolute atomic E-state index is 12.9. The summed E-state index contributed by atoms with van der Waals surface area (Å²) < 4.78 is 0.645. The number of carbonyl (C=O) groups is 2. The minimum atomic E-state index is -0.809. The highest BCUT2D eigenvalue weighted by atomic mass is 32.1. The molecule has 0 bridgehead atoms. The highest BCUT2D eigenvalue weighted by molar-refractivity contribution is 7.73. The average molecular weight is 450 g/mol. The minimum Gasteiger partial charge on any atom is -0.481 e. The second-order valence-corrected chi connectivity index (χ2v) is 8.49. The first-order valence-corrected chi connectivity index (χ1v) is 11.0. The first kappa shape index (κ1) is 22.0. The number of nitrogens with one attached hydrogen (secondary N) is 2. The summed E-state index contributed by atoms with van der Waals surface area (Å²) in [5.41, 5.74) is 0.854. The Kier molecular flexibility index (Phi) is 7.97. The molecule has 0 aliphatic heterocycles. The number of pyridine rings is 1. The van der Waals surface area contributed by atoms with E-state index in [4.69, 9.17) is 17.3 Å². The van der Waals surface area contributed by atoms with Gasteiger partial charge >= 0.3 is 5.97 Å². The van der Waals surface area contributed by atoms with E-state index in [2.05, 4.69) is 30.6 Å². The fourth-order valence-electron chi connectivity index (χ4n) is 3.05. The van der Waals surface area contributed by atoms with Gasteiger partial charge in [0.1, 0.15) is 10.6 Å². The molecule has 3 rings (SSSR count). The maximum Gasteiger partial charge on any atom is 0.303 e. The highest BCUT2D eigenvalue weighted by Gasteiger charge is 2.17. The van der Waals surface area contributed by atoms with Crippen LogP contribution in [0.2, 0.25) is 0 Å². The Hall–Kier alpha value is -2.73. The molecule has 3 N–H and O–H groups in total. The molecule has 0 aliphatic carbocycles. The molecule has 10 nitrogen and oxygen atoms in total. The van der Waals surface area contributed by atoms with Crippen molar-refractivity contribution in [1.29, 1.82) is 0 Å². The predicted molar refractivity (Wildman–Crippen MR) is 115 cm³/mol. The van der Waals surface area contributed by atoms with Crippen LogP contribution >= 0.6 is 23.6 Å². The Morgan fingerprint density at radius 1 is 1.13 bits per heavy atom. The van der Waals surface area contributed by atoms with Crippen molar-refractivity contribution in [2.24, 2.45) is 0 Å². The molecule has 12 heteroatoms. The number of aryl methyl sites for hydroxylation is 1. The minimum absolute atomic E-state index is 0.0177. The topological polar surface area (TPSA) is 141 Å². The van der Waals surface area contributed by atoms with Crippen LogP contribution in [0.5, 0.6) is 0 Å². The van der Waals surface area contributed by atoms with Crippen LogP contribution in [0.4, 0.5) is 5.82 Å². The van der Waals surface area contributed by atoms with Crippen LogP contribution in [0.15, 0.2) is 12.1 Å². The Balaban J connectivity index is 1.62.